The number of aromatic nitrogens is 1. The average Bonchev–Trinajstić information content (AvgIpc) is 3.11. The molecule has 5 aromatic rings. The lowest BCUT2D eigenvalue weighted by molar-refractivity contribution is 0.233. The number of amides is 8. The average molecular weight is 680 g/mol. The maximum Gasteiger partial charge on any atom is 0.323 e. The Morgan fingerprint density at radius 1 is 0.460 bits per heavy atom. The second kappa shape index (κ2) is 17.1. The van der Waals surface area contributed by atoms with E-state index < -0.39 is 12.1 Å². The Kier molecular flexibility index (Phi) is 11.9. The van der Waals surface area contributed by atoms with Crippen molar-refractivity contribution in [3.05, 3.63) is 102 Å². The zero-order valence-corrected chi connectivity index (χ0v) is 26.9. The first-order chi connectivity index (χ1) is 24.3. The minimum atomic E-state index is -0.440. The van der Waals surface area contributed by atoms with Gasteiger partial charge in [-0.15, -0.1) is 0 Å². The van der Waals surface area contributed by atoms with E-state index in [2.05, 4.69) is 42.5 Å². The fourth-order valence-corrected chi connectivity index (χ4v) is 4.81. The number of urea groups is 4. The van der Waals surface area contributed by atoms with Gasteiger partial charge in [0.2, 0.25) is 0 Å². The Hall–Kier alpha value is -6.45. The van der Waals surface area contributed by atoms with Crippen molar-refractivity contribution in [2.75, 3.05) is 47.6 Å². The van der Waals surface area contributed by atoms with Crippen molar-refractivity contribution in [3.8, 4) is 0 Å². The first kappa shape index (κ1) is 34.9. The zero-order valence-electron chi connectivity index (χ0n) is 26.9. The molecule has 0 saturated carbocycles. The minimum Gasteiger partial charge on any atom is -0.395 e. The second-order valence-corrected chi connectivity index (χ2v) is 11.0. The molecule has 0 unspecified atom stereocenters. The Bertz CT molecular complexity index is 1830. The van der Waals surface area contributed by atoms with E-state index in [-0.39, 0.29) is 38.4 Å². The predicted octanol–water partition coefficient (Wildman–Crippen LogP) is 4.26. The molecule has 0 aliphatic rings. The molecule has 0 atom stereocenters. The summed E-state index contributed by atoms with van der Waals surface area (Å²) >= 11 is 0. The molecule has 0 bridgehead atoms. The lowest BCUT2D eigenvalue weighted by Crippen LogP contribution is -2.36. The molecule has 50 heavy (non-hydrogen) atoms. The predicted molar refractivity (Wildman–Crippen MR) is 192 cm³/mol. The van der Waals surface area contributed by atoms with E-state index in [0.717, 1.165) is 21.9 Å². The topological polar surface area (TPSA) is 218 Å². The third-order valence-electron chi connectivity index (χ3n) is 7.25. The Balaban J connectivity index is 1.15. The van der Waals surface area contributed by atoms with E-state index >= 15 is 0 Å². The molecule has 15 nitrogen and oxygen atoms in total. The standard InChI is InChI=1S/C35H37N9O6/c45-15-13-36-32(47)38-20-22-1-7-26(8-2-22)40-34(49)42-28-11-5-24-17-25-6-12-29(19-31(25)44-30(24)18-28)43-35(50)41-27-9-3-23(4-10-27)21-39-33(48)37-14-16-46/h1-12,17-19,45-46H,13-16,20-21H2,(H2,36,38,47)(H2,37,39,48)(H2,40,42,49)(H2,41,43,50). The smallest absolute Gasteiger partial charge is 0.323 e. The number of benzene rings is 4. The normalized spacial score (nSPS) is 10.6. The molecule has 5 rings (SSSR count). The van der Waals surface area contributed by atoms with E-state index in [4.69, 9.17) is 15.2 Å². The van der Waals surface area contributed by atoms with E-state index in [1.807, 2.05) is 18.2 Å². The van der Waals surface area contributed by atoms with Crippen molar-refractivity contribution in [1.29, 1.82) is 0 Å². The first-order valence-corrected chi connectivity index (χ1v) is 15.7. The van der Waals surface area contributed by atoms with Crippen LogP contribution in [0.25, 0.3) is 21.8 Å². The molecule has 1 aromatic heterocycles. The largest absolute Gasteiger partial charge is 0.395 e. The van der Waals surface area contributed by atoms with Gasteiger partial charge in [-0.1, -0.05) is 36.4 Å². The van der Waals surface area contributed by atoms with Gasteiger partial charge < -0.3 is 52.7 Å². The maximum absolute atomic E-state index is 12.7. The van der Waals surface area contributed by atoms with Crippen molar-refractivity contribution in [3.63, 3.8) is 0 Å². The quantitative estimate of drug-likeness (QED) is 0.0864. The number of hydrogen-bond acceptors (Lipinski definition) is 7. The van der Waals surface area contributed by atoms with Gasteiger partial charge in [0.15, 0.2) is 0 Å². The molecular formula is C35H37N9O6. The molecular weight excluding hydrogens is 642 g/mol. The Labute approximate surface area is 286 Å². The number of carbonyl (C=O) groups is 4. The van der Waals surface area contributed by atoms with Gasteiger partial charge in [0, 0.05) is 59.7 Å². The molecule has 15 heteroatoms. The van der Waals surface area contributed by atoms with Crippen LogP contribution in [0.5, 0.6) is 0 Å². The lowest BCUT2D eigenvalue weighted by atomic mass is 10.1. The minimum absolute atomic E-state index is 0.138. The molecule has 0 aliphatic heterocycles. The van der Waals surface area contributed by atoms with Crippen LogP contribution in [0.2, 0.25) is 0 Å². The van der Waals surface area contributed by atoms with Gasteiger partial charge in [-0.25, -0.2) is 24.2 Å². The lowest BCUT2D eigenvalue weighted by Gasteiger charge is -2.11. The highest BCUT2D eigenvalue weighted by molar-refractivity contribution is 6.03. The fraction of sp³-hybridized carbons (Fsp3) is 0.171. The summed E-state index contributed by atoms with van der Waals surface area (Å²) in [5.41, 5.74) is 5.18. The summed E-state index contributed by atoms with van der Waals surface area (Å²) in [6, 6.07) is 25.2. The molecule has 4 aromatic carbocycles. The Morgan fingerprint density at radius 3 is 1.24 bits per heavy atom. The molecule has 258 valence electrons. The second-order valence-electron chi connectivity index (χ2n) is 11.0. The molecule has 0 radical (unpaired) electrons. The summed E-state index contributed by atoms with van der Waals surface area (Å²) in [5.74, 6) is 0. The summed E-state index contributed by atoms with van der Waals surface area (Å²) in [7, 11) is 0. The van der Waals surface area contributed by atoms with E-state index in [1.54, 1.807) is 72.8 Å². The van der Waals surface area contributed by atoms with Crippen LogP contribution < -0.4 is 42.5 Å². The highest BCUT2D eigenvalue weighted by Crippen LogP contribution is 2.25. The first-order valence-electron chi connectivity index (χ1n) is 15.7. The monoisotopic (exact) mass is 679 g/mol. The number of rotatable bonds is 12. The van der Waals surface area contributed by atoms with E-state index in [0.29, 0.717) is 46.9 Å². The van der Waals surface area contributed by atoms with Crippen LogP contribution in [0, 0.1) is 0 Å². The van der Waals surface area contributed by atoms with Gasteiger partial charge in [-0.2, -0.15) is 0 Å². The molecule has 0 fully saturated rings. The number of hydrogen-bond donors (Lipinski definition) is 10. The van der Waals surface area contributed by atoms with Gasteiger partial charge in [-0.05, 0) is 65.7 Å². The van der Waals surface area contributed by atoms with Gasteiger partial charge in [0.25, 0.3) is 0 Å². The van der Waals surface area contributed by atoms with E-state index in [1.165, 1.54) is 0 Å². The third-order valence-corrected chi connectivity index (χ3v) is 7.25. The Morgan fingerprint density at radius 2 is 0.840 bits per heavy atom. The third kappa shape index (κ3) is 10.3. The van der Waals surface area contributed by atoms with Crippen LogP contribution in [-0.4, -0.2) is 65.6 Å². The number of aliphatic hydroxyl groups excluding tert-OH is 2. The van der Waals surface area contributed by atoms with Gasteiger partial charge in [0.05, 0.1) is 24.2 Å². The van der Waals surface area contributed by atoms with Gasteiger partial charge >= 0.3 is 24.1 Å². The number of anilines is 4. The number of fused-ring (bicyclic) bond motifs is 2. The summed E-state index contributed by atoms with van der Waals surface area (Å²) in [5, 5.41) is 40.9. The molecule has 10 N–H and O–H groups in total. The van der Waals surface area contributed by atoms with Crippen LogP contribution in [0.4, 0.5) is 41.9 Å². The number of aliphatic hydroxyl groups is 2. The highest BCUT2D eigenvalue weighted by Gasteiger charge is 2.09. The van der Waals surface area contributed by atoms with Crippen molar-refractivity contribution in [2.45, 2.75) is 13.1 Å². The van der Waals surface area contributed by atoms with Crippen LogP contribution >= 0.6 is 0 Å². The van der Waals surface area contributed by atoms with Crippen LogP contribution in [0.1, 0.15) is 11.1 Å². The summed E-state index contributed by atoms with van der Waals surface area (Å²) < 4.78 is 0. The van der Waals surface area contributed by atoms with E-state index in [9.17, 15) is 19.2 Å². The van der Waals surface area contributed by atoms with Crippen LogP contribution in [-0.2, 0) is 13.1 Å². The highest BCUT2D eigenvalue weighted by atomic mass is 16.3. The van der Waals surface area contributed by atoms with Gasteiger partial charge in [0.1, 0.15) is 0 Å². The fourth-order valence-electron chi connectivity index (χ4n) is 4.81. The summed E-state index contributed by atoms with van der Waals surface area (Å²) in [6.07, 6.45) is 0. The number of carbonyl (C=O) groups excluding carboxylic acids is 4. The van der Waals surface area contributed by atoms with Crippen molar-refractivity contribution < 1.29 is 29.4 Å². The summed E-state index contributed by atoms with van der Waals surface area (Å²) in [4.78, 5) is 53.5. The van der Waals surface area contributed by atoms with Crippen LogP contribution in [0.15, 0.2) is 91.0 Å². The number of nitrogens with one attached hydrogen (secondary N) is 8. The van der Waals surface area contributed by atoms with Crippen LogP contribution in [0.3, 0.4) is 0 Å². The van der Waals surface area contributed by atoms with Crippen molar-refractivity contribution >= 4 is 68.7 Å². The molecule has 1 heterocycles. The van der Waals surface area contributed by atoms with Crippen molar-refractivity contribution in [1.82, 2.24) is 26.3 Å². The molecule has 0 saturated heterocycles. The zero-order chi connectivity index (χ0) is 35.3. The van der Waals surface area contributed by atoms with Crippen molar-refractivity contribution in [2.24, 2.45) is 0 Å². The number of nitrogens with zero attached hydrogens (tertiary/aromatic N) is 1. The SMILES string of the molecule is O=C(NCCO)NCc1ccc(NC(=O)Nc2ccc3cc4ccc(NC(=O)Nc5ccc(CNC(=O)NCCO)cc5)cc4nc3c2)cc1. The summed E-state index contributed by atoms with van der Waals surface area (Å²) in [6.45, 7) is 0.644. The van der Waals surface area contributed by atoms with Gasteiger partial charge in [-0.3, -0.25) is 0 Å². The number of pyridine rings is 1. The maximum atomic E-state index is 12.7. The molecule has 0 spiro atoms. The molecule has 0 aliphatic carbocycles. The molecule has 8 amide bonds.